The SMILES string of the molecule is CCCCCNc1cc(OCCCC)nc(C)n1. The first-order valence-electron chi connectivity index (χ1n) is 6.98. The van der Waals surface area contributed by atoms with E-state index in [-0.39, 0.29) is 0 Å². The smallest absolute Gasteiger partial charge is 0.218 e. The van der Waals surface area contributed by atoms with Crippen LogP contribution in [-0.4, -0.2) is 23.1 Å². The van der Waals surface area contributed by atoms with E-state index in [1.54, 1.807) is 0 Å². The third-order valence-electron chi connectivity index (χ3n) is 2.65. The molecule has 4 heteroatoms. The van der Waals surface area contributed by atoms with Gasteiger partial charge in [-0.15, -0.1) is 0 Å². The fraction of sp³-hybridized carbons (Fsp3) is 0.714. The minimum Gasteiger partial charge on any atom is -0.478 e. The summed E-state index contributed by atoms with van der Waals surface area (Å²) >= 11 is 0. The minimum absolute atomic E-state index is 0.675. The zero-order valence-corrected chi connectivity index (χ0v) is 11.8. The van der Waals surface area contributed by atoms with Gasteiger partial charge in [-0.2, -0.15) is 4.98 Å². The number of anilines is 1. The van der Waals surface area contributed by atoms with Gasteiger partial charge in [-0.1, -0.05) is 33.1 Å². The van der Waals surface area contributed by atoms with Crippen molar-refractivity contribution in [3.05, 3.63) is 11.9 Å². The topological polar surface area (TPSA) is 47.0 Å². The molecular weight excluding hydrogens is 226 g/mol. The molecule has 0 spiro atoms. The van der Waals surface area contributed by atoms with Crippen LogP contribution < -0.4 is 10.1 Å². The first-order chi connectivity index (χ1) is 8.76. The van der Waals surface area contributed by atoms with Crippen molar-refractivity contribution in [3.63, 3.8) is 0 Å². The second-order valence-corrected chi connectivity index (χ2v) is 4.47. The van der Waals surface area contributed by atoms with Crippen LogP contribution in [0.4, 0.5) is 5.82 Å². The molecule has 102 valence electrons. The molecule has 1 N–H and O–H groups in total. The van der Waals surface area contributed by atoms with Gasteiger partial charge in [-0.25, -0.2) is 4.98 Å². The molecular formula is C14H25N3O. The van der Waals surface area contributed by atoms with Gasteiger partial charge in [-0.3, -0.25) is 0 Å². The molecule has 0 bridgehead atoms. The molecule has 0 saturated heterocycles. The Morgan fingerprint density at radius 2 is 1.89 bits per heavy atom. The second-order valence-electron chi connectivity index (χ2n) is 4.47. The second kappa shape index (κ2) is 8.72. The molecule has 1 aromatic heterocycles. The Morgan fingerprint density at radius 1 is 1.11 bits per heavy atom. The van der Waals surface area contributed by atoms with Gasteiger partial charge in [0.25, 0.3) is 0 Å². The van der Waals surface area contributed by atoms with Crippen molar-refractivity contribution in [2.45, 2.75) is 52.9 Å². The maximum absolute atomic E-state index is 5.60. The fourth-order valence-corrected chi connectivity index (χ4v) is 1.62. The van der Waals surface area contributed by atoms with Crippen LogP contribution in [0.1, 0.15) is 51.8 Å². The molecule has 0 radical (unpaired) electrons. The number of ether oxygens (including phenoxy) is 1. The average Bonchev–Trinajstić information content (AvgIpc) is 2.34. The Morgan fingerprint density at radius 3 is 2.61 bits per heavy atom. The third kappa shape index (κ3) is 5.84. The van der Waals surface area contributed by atoms with Gasteiger partial charge >= 0.3 is 0 Å². The van der Waals surface area contributed by atoms with Crippen molar-refractivity contribution in [2.24, 2.45) is 0 Å². The number of nitrogens with zero attached hydrogens (tertiary/aromatic N) is 2. The lowest BCUT2D eigenvalue weighted by Gasteiger charge is -2.09. The lowest BCUT2D eigenvalue weighted by molar-refractivity contribution is 0.297. The van der Waals surface area contributed by atoms with Crippen LogP contribution in [0.2, 0.25) is 0 Å². The maximum Gasteiger partial charge on any atom is 0.218 e. The molecule has 0 aliphatic heterocycles. The predicted octanol–water partition coefficient (Wildman–Crippen LogP) is 3.57. The van der Waals surface area contributed by atoms with Crippen molar-refractivity contribution in [1.29, 1.82) is 0 Å². The number of unbranched alkanes of at least 4 members (excludes halogenated alkanes) is 3. The van der Waals surface area contributed by atoms with E-state index < -0.39 is 0 Å². The summed E-state index contributed by atoms with van der Waals surface area (Å²) in [5, 5.41) is 3.32. The Hall–Kier alpha value is -1.32. The van der Waals surface area contributed by atoms with E-state index >= 15 is 0 Å². The summed E-state index contributed by atoms with van der Waals surface area (Å²) in [6.07, 6.45) is 5.84. The maximum atomic E-state index is 5.60. The van der Waals surface area contributed by atoms with Crippen molar-refractivity contribution < 1.29 is 4.74 Å². The number of aromatic nitrogens is 2. The number of hydrogen-bond acceptors (Lipinski definition) is 4. The van der Waals surface area contributed by atoms with Crippen molar-refractivity contribution >= 4 is 5.82 Å². The Balaban J connectivity index is 2.46. The summed E-state index contributed by atoms with van der Waals surface area (Å²) in [5.74, 6) is 2.29. The lowest BCUT2D eigenvalue weighted by atomic mass is 10.2. The Bertz CT molecular complexity index is 342. The normalized spacial score (nSPS) is 10.4. The summed E-state index contributed by atoms with van der Waals surface area (Å²) in [7, 11) is 0. The minimum atomic E-state index is 0.675. The zero-order chi connectivity index (χ0) is 13.2. The summed E-state index contributed by atoms with van der Waals surface area (Å²) in [6.45, 7) is 7.93. The van der Waals surface area contributed by atoms with Gasteiger partial charge in [0.1, 0.15) is 11.6 Å². The van der Waals surface area contributed by atoms with Gasteiger partial charge in [0.15, 0.2) is 0 Å². The van der Waals surface area contributed by atoms with Crippen molar-refractivity contribution in [3.8, 4) is 5.88 Å². The van der Waals surface area contributed by atoms with Crippen LogP contribution in [0.3, 0.4) is 0 Å². The summed E-state index contributed by atoms with van der Waals surface area (Å²) in [6, 6.07) is 1.88. The average molecular weight is 251 g/mol. The van der Waals surface area contributed by atoms with Gasteiger partial charge in [0.05, 0.1) is 6.61 Å². The van der Waals surface area contributed by atoms with Crippen molar-refractivity contribution in [2.75, 3.05) is 18.5 Å². The fourth-order valence-electron chi connectivity index (χ4n) is 1.62. The molecule has 0 fully saturated rings. The zero-order valence-electron chi connectivity index (χ0n) is 11.8. The van der Waals surface area contributed by atoms with Crippen LogP contribution in [0.5, 0.6) is 5.88 Å². The molecule has 0 unspecified atom stereocenters. The van der Waals surface area contributed by atoms with Crippen LogP contribution in [0, 0.1) is 6.92 Å². The van der Waals surface area contributed by atoms with Gasteiger partial charge in [-0.05, 0) is 19.8 Å². The van der Waals surface area contributed by atoms with E-state index in [1.165, 1.54) is 19.3 Å². The molecule has 0 saturated carbocycles. The standard InChI is InChI=1S/C14H25N3O/c1-4-6-8-9-15-13-11-14(17-12(3)16-13)18-10-7-5-2/h11H,4-10H2,1-3H3,(H,15,16,17). The highest BCUT2D eigenvalue weighted by Gasteiger charge is 2.02. The third-order valence-corrected chi connectivity index (χ3v) is 2.65. The van der Waals surface area contributed by atoms with E-state index in [0.717, 1.165) is 37.6 Å². The highest BCUT2D eigenvalue weighted by molar-refractivity contribution is 5.38. The molecule has 0 aromatic carbocycles. The van der Waals surface area contributed by atoms with E-state index in [1.807, 2.05) is 13.0 Å². The molecule has 1 heterocycles. The molecule has 0 atom stereocenters. The molecule has 4 nitrogen and oxygen atoms in total. The first kappa shape index (κ1) is 14.7. The molecule has 1 aromatic rings. The van der Waals surface area contributed by atoms with Gasteiger partial charge in [0.2, 0.25) is 5.88 Å². The quantitative estimate of drug-likeness (QED) is 0.682. The van der Waals surface area contributed by atoms with E-state index in [2.05, 4.69) is 29.1 Å². The summed E-state index contributed by atoms with van der Waals surface area (Å²) in [4.78, 5) is 8.63. The predicted molar refractivity (Wildman–Crippen MR) is 75.2 cm³/mol. The van der Waals surface area contributed by atoms with E-state index in [4.69, 9.17) is 4.74 Å². The molecule has 0 aliphatic carbocycles. The van der Waals surface area contributed by atoms with Gasteiger partial charge < -0.3 is 10.1 Å². The number of nitrogens with one attached hydrogen (secondary N) is 1. The molecule has 0 aliphatic rings. The van der Waals surface area contributed by atoms with Crippen LogP contribution >= 0.6 is 0 Å². The first-order valence-corrected chi connectivity index (χ1v) is 6.98. The monoisotopic (exact) mass is 251 g/mol. The summed E-state index contributed by atoms with van der Waals surface area (Å²) in [5.41, 5.74) is 0. The molecule has 1 rings (SSSR count). The molecule has 18 heavy (non-hydrogen) atoms. The highest BCUT2D eigenvalue weighted by Crippen LogP contribution is 2.14. The van der Waals surface area contributed by atoms with E-state index in [9.17, 15) is 0 Å². The van der Waals surface area contributed by atoms with Crippen LogP contribution in [0.25, 0.3) is 0 Å². The number of hydrogen-bond donors (Lipinski definition) is 1. The van der Waals surface area contributed by atoms with Gasteiger partial charge in [0, 0.05) is 12.6 Å². The van der Waals surface area contributed by atoms with Crippen LogP contribution in [-0.2, 0) is 0 Å². The Kier molecular flexibility index (Phi) is 7.14. The lowest BCUT2D eigenvalue weighted by Crippen LogP contribution is -2.06. The number of aryl methyl sites for hydroxylation is 1. The van der Waals surface area contributed by atoms with Crippen molar-refractivity contribution in [1.82, 2.24) is 9.97 Å². The number of rotatable bonds is 9. The van der Waals surface area contributed by atoms with Crippen LogP contribution in [0.15, 0.2) is 6.07 Å². The van der Waals surface area contributed by atoms with E-state index in [0.29, 0.717) is 5.88 Å². The highest BCUT2D eigenvalue weighted by atomic mass is 16.5. The Labute approximate surface area is 110 Å². The molecule has 0 amide bonds. The largest absolute Gasteiger partial charge is 0.478 e. The summed E-state index contributed by atoms with van der Waals surface area (Å²) < 4.78 is 5.60.